The van der Waals surface area contributed by atoms with Crippen LogP contribution in [0.3, 0.4) is 0 Å². The molecule has 1 aromatic carbocycles. The lowest BCUT2D eigenvalue weighted by molar-refractivity contribution is -0.146. The molecule has 0 atom stereocenters. The number of nitrogens with one attached hydrogen (secondary N) is 3. The van der Waals surface area contributed by atoms with Gasteiger partial charge < -0.3 is 29.9 Å². The molecule has 1 heterocycles. The van der Waals surface area contributed by atoms with Crippen LogP contribution in [0, 0.1) is 11.8 Å². The lowest BCUT2D eigenvalue weighted by Crippen LogP contribution is -2.36. The molecule has 252 valence electrons. The molecule has 0 bridgehead atoms. The Morgan fingerprint density at radius 3 is 2.00 bits per heavy atom. The Kier molecular flexibility index (Phi) is 11.6. The Bertz CT molecular complexity index is 1690. The second-order valence-corrected chi connectivity index (χ2v) is 12.0. The number of nitrogens with zero attached hydrogens (tertiary/aromatic N) is 3. The number of aromatic nitrogens is 2. The predicted octanol–water partition coefficient (Wildman–Crippen LogP) is 1.12. The number of rotatable bonds is 10. The molecule has 1 aromatic heterocycles. The summed E-state index contributed by atoms with van der Waals surface area (Å²) >= 11 is 0. The Morgan fingerprint density at radius 1 is 0.957 bits per heavy atom. The SMILES string of the molecule is COc1cc(OC)nc(NC(=O)NS(=O)(=O)c2cc(NC=O)ccc2C(=O)N(C)C)n1.O=C1CC(C(=O)O)CC(=O)C1=C(O)C1CC1. The molecule has 2 saturated carbocycles. The third kappa shape index (κ3) is 9.22. The van der Waals surface area contributed by atoms with Crippen LogP contribution in [0.4, 0.5) is 16.4 Å². The number of aliphatic carboxylic acids is 1. The van der Waals surface area contributed by atoms with Gasteiger partial charge in [0.05, 0.1) is 37.3 Å². The maximum Gasteiger partial charge on any atom is 0.335 e. The molecule has 0 radical (unpaired) electrons. The zero-order chi connectivity index (χ0) is 35.1. The second-order valence-electron chi connectivity index (χ2n) is 10.3. The second kappa shape index (κ2) is 15.1. The van der Waals surface area contributed by atoms with Gasteiger partial charge in [-0.1, -0.05) is 0 Å². The number of amides is 4. The van der Waals surface area contributed by atoms with Gasteiger partial charge in [-0.25, -0.2) is 17.9 Å². The number of sulfonamides is 1. The van der Waals surface area contributed by atoms with E-state index in [0.29, 0.717) is 6.41 Å². The van der Waals surface area contributed by atoms with Crippen LogP contribution in [0.25, 0.3) is 0 Å². The summed E-state index contributed by atoms with van der Waals surface area (Å²) in [5.74, 6) is -4.11. The first-order valence-corrected chi connectivity index (χ1v) is 15.2. The average molecular weight is 677 g/mol. The number of hydrogen-bond donors (Lipinski definition) is 5. The zero-order valence-electron chi connectivity index (χ0n) is 25.6. The Morgan fingerprint density at radius 2 is 1.53 bits per heavy atom. The van der Waals surface area contributed by atoms with Gasteiger partial charge in [0.2, 0.25) is 24.1 Å². The maximum atomic E-state index is 12.8. The third-order valence-corrected chi connectivity index (χ3v) is 8.04. The number of aliphatic hydroxyl groups excluding tert-OH is 1. The number of ether oxygens (including phenoxy) is 2. The molecule has 0 saturated heterocycles. The van der Waals surface area contributed by atoms with Crippen molar-refractivity contribution in [3.05, 3.63) is 41.2 Å². The van der Waals surface area contributed by atoms with Gasteiger partial charge in [0.15, 0.2) is 11.6 Å². The molecule has 19 heteroatoms. The van der Waals surface area contributed by atoms with Crippen molar-refractivity contribution in [3.63, 3.8) is 0 Å². The van der Waals surface area contributed by atoms with Crippen molar-refractivity contribution < 1.29 is 56.9 Å². The zero-order valence-corrected chi connectivity index (χ0v) is 26.4. The summed E-state index contributed by atoms with van der Waals surface area (Å²) < 4.78 is 37.3. The van der Waals surface area contributed by atoms with Gasteiger partial charge in [0.1, 0.15) is 10.7 Å². The minimum atomic E-state index is -4.54. The number of benzene rings is 1. The summed E-state index contributed by atoms with van der Waals surface area (Å²) in [4.78, 5) is 77.6. The molecule has 0 aliphatic heterocycles. The van der Waals surface area contributed by atoms with Crippen LogP contribution in [0.15, 0.2) is 40.5 Å². The Hall–Kier alpha value is -5.59. The highest BCUT2D eigenvalue weighted by atomic mass is 32.2. The fourth-order valence-corrected chi connectivity index (χ4v) is 5.33. The molecule has 2 fully saturated rings. The summed E-state index contributed by atoms with van der Waals surface area (Å²) in [5, 5.41) is 22.8. The van der Waals surface area contributed by atoms with Crippen LogP contribution < -0.4 is 24.8 Å². The van der Waals surface area contributed by atoms with E-state index in [1.165, 1.54) is 46.5 Å². The van der Waals surface area contributed by atoms with Crippen molar-refractivity contribution >= 4 is 57.5 Å². The summed E-state index contributed by atoms with van der Waals surface area (Å²) in [6.07, 6.45) is 1.55. The molecule has 5 N–H and O–H groups in total. The minimum absolute atomic E-state index is 0.0655. The van der Waals surface area contributed by atoms with Crippen LogP contribution in [-0.2, 0) is 29.2 Å². The Balaban J connectivity index is 0.000000312. The largest absolute Gasteiger partial charge is 0.511 e. The number of methoxy groups -OCH3 is 2. The van der Waals surface area contributed by atoms with Crippen molar-refractivity contribution in [2.45, 2.75) is 30.6 Å². The molecule has 47 heavy (non-hydrogen) atoms. The predicted molar refractivity (Wildman–Crippen MR) is 161 cm³/mol. The summed E-state index contributed by atoms with van der Waals surface area (Å²) in [6, 6.07) is 3.76. The third-order valence-electron chi connectivity index (χ3n) is 6.67. The van der Waals surface area contributed by atoms with Gasteiger partial charge >= 0.3 is 12.0 Å². The number of allylic oxidation sites excluding steroid dienone is 2. The number of carbonyl (C=O) groups is 6. The summed E-state index contributed by atoms with van der Waals surface area (Å²) in [7, 11) is 0.991. The van der Waals surface area contributed by atoms with Crippen LogP contribution in [0.5, 0.6) is 11.8 Å². The molecule has 2 aromatic rings. The highest BCUT2D eigenvalue weighted by Crippen LogP contribution is 2.38. The smallest absolute Gasteiger partial charge is 0.335 e. The van der Waals surface area contributed by atoms with Crippen molar-refractivity contribution in [3.8, 4) is 11.8 Å². The van der Waals surface area contributed by atoms with E-state index in [0.717, 1.165) is 23.8 Å². The molecular formula is C28H32N6O12S. The first kappa shape index (κ1) is 35.9. The first-order valence-electron chi connectivity index (χ1n) is 13.7. The molecule has 0 unspecified atom stereocenters. The highest BCUT2D eigenvalue weighted by Gasteiger charge is 2.40. The lowest BCUT2D eigenvalue weighted by atomic mass is 9.83. The van der Waals surface area contributed by atoms with Crippen LogP contribution in [0.2, 0.25) is 0 Å². The molecule has 2 aliphatic rings. The number of carboxylic acids is 1. The van der Waals surface area contributed by atoms with E-state index in [-0.39, 0.29) is 59.1 Å². The lowest BCUT2D eigenvalue weighted by Gasteiger charge is -2.19. The van der Waals surface area contributed by atoms with Gasteiger partial charge in [-0.05, 0) is 31.0 Å². The molecule has 18 nitrogen and oxygen atoms in total. The van der Waals surface area contributed by atoms with E-state index < -0.39 is 50.3 Å². The minimum Gasteiger partial charge on any atom is -0.511 e. The van der Waals surface area contributed by atoms with Crippen LogP contribution >= 0.6 is 0 Å². The molecule has 4 amide bonds. The van der Waals surface area contributed by atoms with Crippen LogP contribution in [-0.4, -0.2) is 97.7 Å². The highest BCUT2D eigenvalue weighted by molar-refractivity contribution is 7.90. The number of carboxylic acid groups (broad SMARTS) is 1. The van der Waals surface area contributed by atoms with Gasteiger partial charge in [-0.15, -0.1) is 0 Å². The number of anilines is 2. The standard InChI is InChI=1S/C17H20N6O7S.C11H12O5/c1-23(2)15(25)11-6-5-10(18-9-24)7-12(11)31(27,28)22-17(26)21-16-19-13(29-3)8-14(20-16)30-4;12-7-3-6(11(15)16)4-8(13)9(7)10(14)5-1-2-5/h5-9H,1-4H3,(H,18,24)(H2,19,20,21,22,26);5-6,14H,1-4H2,(H,15,16). The summed E-state index contributed by atoms with van der Waals surface area (Å²) in [6.45, 7) is 0. The number of aliphatic hydroxyl groups is 1. The first-order chi connectivity index (χ1) is 22.1. The molecule has 0 spiro atoms. The van der Waals surface area contributed by atoms with Gasteiger partial charge in [-0.2, -0.15) is 9.97 Å². The number of ketones is 2. The quantitative estimate of drug-likeness (QED) is 0.102. The number of Topliss-reactive ketones (excluding diaryl/α,β-unsaturated/α-hetero) is 2. The van der Waals surface area contributed by atoms with Crippen LogP contribution in [0.1, 0.15) is 36.0 Å². The van der Waals surface area contributed by atoms with Crippen molar-refractivity contribution in [2.24, 2.45) is 11.8 Å². The van der Waals surface area contributed by atoms with E-state index in [2.05, 4.69) is 20.6 Å². The van der Waals surface area contributed by atoms with E-state index in [1.807, 2.05) is 0 Å². The van der Waals surface area contributed by atoms with Gasteiger partial charge in [-0.3, -0.25) is 29.3 Å². The Labute approximate surface area is 268 Å². The van der Waals surface area contributed by atoms with Crippen molar-refractivity contribution in [2.75, 3.05) is 38.9 Å². The molecular weight excluding hydrogens is 644 g/mol. The molecule has 4 rings (SSSR count). The van der Waals surface area contributed by atoms with E-state index >= 15 is 0 Å². The fraction of sp³-hybridized carbons (Fsp3) is 0.357. The number of urea groups is 1. The summed E-state index contributed by atoms with van der Waals surface area (Å²) in [5.41, 5.74) is -0.256. The van der Waals surface area contributed by atoms with Crippen molar-refractivity contribution in [1.82, 2.24) is 19.6 Å². The number of hydrogen-bond acceptors (Lipinski definition) is 13. The maximum absolute atomic E-state index is 12.8. The van der Waals surface area contributed by atoms with E-state index in [1.54, 1.807) is 4.72 Å². The van der Waals surface area contributed by atoms with Gasteiger partial charge in [0, 0.05) is 38.5 Å². The van der Waals surface area contributed by atoms with Crippen molar-refractivity contribution in [1.29, 1.82) is 0 Å². The fourth-order valence-electron chi connectivity index (χ4n) is 4.19. The van der Waals surface area contributed by atoms with E-state index in [9.17, 15) is 42.3 Å². The number of carbonyl (C=O) groups excluding carboxylic acids is 5. The monoisotopic (exact) mass is 676 g/mol. The average Bonchev–Trinajstić information content (AvgIpc) is 3.86. The van der Waals surface area contributed by atoms with Gasteiger partial charge in [0.25, 0.3) is 15.9 Å². The van der Waals surface area contributed by atoms with E-state index in [4.69, 9.17) is 14.6 Å². The topological polar surface area (TPSA) is 261 Å². The normalized spacial score (nSPS) is 15.7. The molecule has 2 aliphatic carbocycles.